The Morgan fingerprint density at radius 1 is 1.41 bits per heavy atom. The summed E-state index contributed by atoms with van der Waals surface area (Å²) in [6, 6.07) is 8.55. The van der Waals surface area contributed by atoms with E-state index in [-0.39, 0.29) is 12.2 Å². The van der Waals surface area contributed by atoms with E-state index < -0.39 is 0 Å². The normalized spacial score (nSPS) is 27.8. The zero-order valence-corrected chi connectivity index (χ0v) is 11.7. The number of benzene rings is 1. The lowest BCUT2D eigenvalue weighted by Crippen LogP contribution is -2.58. The van der Waals surface area contributed by atoms with Gasteiger partial charge < -0.3 is 14.8 Å². The van der Waals surface area contributed by atoms with Crippen molar-refractivity contribution in [1.82, 2.24) is 5.32 Å². The molecule has 3 atom stereocenters. The molecule has 1 fully saturated rings. The van der Waals surface area contributed by atoms with Gasteiger partial charge >= 0.3 is 0 Å². The van der Waals surface area contributed by atoms with E-state index in [9.17, 15) is 0 Å². The van der Waals surface area contributed by atoms with E-state index in [2.05, 4.69) is 27.3 Å². The molecule has 1 N–H and O–H groups in total. The molecule has 1 saturated carbocycles. The smallest absolute Gasteiger partial charge is 0.0986 e. The van der Waals surface area contributed by atoms with Crippen LogP contribution in [-0.2, 0) is 16.1 Å². The number of methoxy groups -OCH3 is 1. The first-order chi connectivity index (χ1) is 8.26. The summed E-state index contributed by atoms with van der Waals surface area (Å²) in [5.41, 5.74) is 1.18. The molecule has 17 heavy (non-hydrogen) atoms. The molecule has 0 bridgehead atoms. The average molecular weight is 300 g/mol. The van der Waals surface area contributed by atoms with Crippen LogP contribution < -0.4 is 5.32 Å². The lowest BCUT2D eigenvalue weighted by Gasteiger charge is -2.43. The Labute approximate surface area is 111 Å². The second-order valence-electron chi connectivity index (χ2n) is 4.27. The SMILES string of the molecule is CNC1CC(OCc2ccccc2Br)C1OC. The molecule has 2 rings (SSSR count). The second-order valence-corrected chi connectivity index (χ2v) is 5.13. The van der Waals surface area contributed by atoms with E-state index in [0.29, 0.717) is 12.6 Å². The minimum Gasteiger partial charge on any atom is -0.377 e. The molecule has 0 aliphatic heterocycles. The summed E-state index contributed by atoms with van der Waals surface area (Å²) in [6.45, 7) is 0.627. The Morgan fingerprint density at radius 2 is 2.18 bits per heavy atom. The molecule has 94 valence electrons. The van der Waals surface area contributed by atoms with Crippen LogP contribution in [0.4, 0.5) is 0 Å². The highest BCUT2D eigenvalue weighted by atomic mass is 79.9. The molecule has 1 aromatic rings. The van der Waals surface area contributed by atoms with Crippen molar-refractivity contribution in [2.75, 3.05) is 14.2 Å². The Hall–Kier alpha value is -0.420. The number of hydrogen-bond acceptors (Lipinski definition) is 3. The highest BCUT2D eigenvalue weighted by Crippen LogP contribution is 2.28. The van der Waals surface area contributed by atoms with Crippen LogP contribution in [0.3, 0.4) is 0 Å². The molecule has 1 aliphatic carbocycles. The van der Waals surface area contributed by atoms with Crippen LogP contribution in [0.2, 0.25) is 0 Å². The summed E-state index contributed by atoms with van der Waals surface area (Å²) in [5, 5.41) is 3.23. The minimum atomic E-state index is 0.169. The third kappa shape index (κ3) is 2.88. The van der Waals surface area contributed by atoms with Gasteiger partial charge in [0.1, 0.15) is 0 Å². The Bertz CT molecular complexity index is 372. The first-order valence-corrected chi connectivity index (χ1v) is 6.60. The molecule has 0 heterocycles. The average Bonchev–Trinajstić information content (AvgIpc) is 2.31. The van der Waals surface area contributed by atoms with Gasteiger partial charge in [-0.2, -0.15) is 0 Å². The third-order valence-corrected chi connectivity index (χ3v) is 4.08. The fraction of sp³-hybridized carbons (Fsp3) is 0.538. The first-order valence-electron chi connectivity index (χ1n) is 5.81. The molecule has 1 aliphatic rings. The lowest BCUT2D eigenvalue weighted by molar-refractivity contribution is -0.138. The number of nitrogens with one attached hydrogen (secondary N) is 1. The van der Waals surface area contributed by atoms with Crippen molar-refractivity contribution in [2.45, 2.75) is 31.3 Å². The molecule has 0 amide bonds. The molecule has 3 unspecified atom stereocenters. The van der Waals surface area contributed by atoms with Gasteiger partial charge in [0, 0.05) is 17.6 Å². The van der Waals surface area contributed by atoms with E-state index in [1.165, 1.54) is 5.56 Å². The van der Waals surface area contributed by atoms with Crippen molar-refractivity contribution >= 4 is 15.9 Å². The van der Waals surface area contributed by atoms with Gasteiger partial charge in [-0.3, -0.25) is 0 Å². The number of likely N-dealkylation sites (N-methyl/N-ethyl adjacent to an activating group) is 1. The Kier molecular flexibility index (Phi) is 4.56. The fourth-order valence-corrected chi connectivity index (χ4v) is 2.55. The van der Waals surface area contributed by atoms with Crippen LogP contribution in [-0.4, -0.2) is 32.4 Å². The molecular weight excluding hydrogens is 282 g/mol. The van der Waals surface area contributed by atoms with Crippen molar-refractivity contribution in [3.8, 4) is 0 Å². The van der Waals surface area contributed by atoms with Crippen LogP contribution in [0.5, 0.6) is 0 Å². The van der Waals surface area contributed by atoms with E-state index >= 15 is 0 Å². The van der Waals surface area contributed by atoms with Crippen molar-refractivity contribution in [3.63, 3.8) is 0 Å². The van der Waals surface area contributed by atoms with E-state index in [0.717, 1.165) is 10.9 Å². The van der Waals surface area contributed by atoms with E-state index in [1.54, 1.807) is 7.11 Å². The van der Waals surface area contributed by atoms with Gasteiger partial charge in [0.25, 0.3) is 0 Å². The van der Waals surface area contributed by atoms with Crippen LogP contribution in [0.15, 0.2) is 28.7 Å². The number of halogens is 1. The van der Waals surface area contributed by atoms with Crippen molar-refractivity contribution in [1.29, 1.82) is 0 Å². The van der Waals surface area contributed by atoms with E-state index in [1.807, 2.05) is 25.2 Å². The summed E-state index contributed by atoms with van der Waals surface area (Å²) in [5.74, 6) is 0. The van der Waals surface area contributed by atoms with Gasteiger partial charge in [-0.1, -0.05) is 34.1 Å². The highest BCUT2D eigenvalue weighted by molar-refractivity contribution is 9.10. The van der Waals surface area contributed by atoms with Crippen LogP contribution >= 0.6 is 15.9 Å². The Balaban J connectivity index is 1.86. The largest absolute Gasteiger partial charge is 0.377 e. The number of hydrogen-bond donors (Lipinski definition) is 1. The zero-order chi connectivity index (χ0) is 12.3. The van der Waals surface area contributed by atoms with Crippen molar-refractivity contribution < 1.29 is 9.47 Å². The maximum Gasteiger partial charge on any atom is 0.0986 e. The molecule has 1 aromatic carbocycles. The summed E-state index contributed by atoms with van der Waals surface area (Å²) >= 11 is 3.52. The standard InChI is InChI=1S/C13H18BrNO2/c1-15-11-7-12(13(11)16-2)17-8-9-5-3-4-6-10(9)14/h3-6,11-13,15H,7-8H2,1-2H3. The van der Waals surface area contributed by atoms with Crippen molar-refractivity contribution in [2.24, 2.45) is 0 Å². The molecule has 0 spiro atoms. The third-order valence-electron chi connectivity index (χ3n) is 3.30. The molecule has 0 saturated heterocycles. The summed E-state index contributed by atoms with van der Waals surface area (Å²) < 4.78 is 12.4. The zero-order valence-electron chi connectivity index (χ0n) is 10.2. The molecule has 0 aromatic heterocycles. The van der Waals surface area contributed by atoms with Gasteiger partial charge in [0.15, 0.2) is 0 Å². The number of ether oxygens (including phenoxy) is 2. The Morgan fingerprint density at radius 3 is 2.82 bits per heavy atom. The van der Waals surface area contributed by atoms with Crippen LogP contribution in [0, 0.1) is 0 Å². The summed E-state index contributed by atoms with van der Waals surface area (Å²) in [6.07, 6.45) is 1.38. The molecule has 4 heteroatoms. The molecule has 3 nitrogen and oxygen atoms in total. The quantitative estimate of drug-likeness (QED) is 0.905. The topological polar surface area (TPSA) is 30.5 Å². The summed E-state index contributed by atoms with van der Waals surface area (Å²) in [7, 11) is 3.70. The lowest BCUT2D eigenvalue weighted by atomic mass is 9.85. The summed E-state index contributed by atoms with van der Waals surface area (Å²) in [4.78, 5) is 0. The number of rotatable bonds is 5. The van der Waals surface area contributed by atoms with E-state index in [4.69, 9.17) is 9.47 Å². The van der Waals surface area contributed by atoms with Gasteiger partial charge in [0.2, 0.25) is 0 Å². The van der Waals surface area contributed by atoms with Crippen LogP contribution in [0.1, 0.15) is 12.0 Å². The minimum absolute atomic E-state index is 0.169. The van der Waals surface area contributed by atoms with Gasteiger partial charge in [-0.25, -0.2) is 0 Å². The monoisotopic (exact) mass is 299 g/mol. The van der Waals surface area contributed by atoms with Gasteiger partial charge in [0.05, 0.1) is 18.8 Å². The predicted octanol–water partition coefficient (Wildman–Crippen LogP) is 2.34. The maximum absolute atomic E-state index is 5.89. The van der Waals surface area contributed by atoms with Gasteiger partial charge in [-0.15, -0.1) is 0 Å². The fourth-order valence-electron chi connectivity index (χ4n) is 2.16. The maximum atomic E-state index is 5.89. The van der Waals surface area contributed by atoms with Crippen molar-refractivity contribution in [3.05, 3.63) is 34.3 Å². The predicted molar refractivity (Wildman–Crippen MR) is 71.0 cm³/mol. The van der Waals surface area contributed by atoms with Gasteiger partial charge in [-0.05, 0) is 25.1 Å². The highest BCUT2D eigenvalue weighted by Gasteiger charge is 2.41. The van der Waals surface area contributed by atoms with Crippen LogP contribution in [0.25, 0.3) is 0 Å². The second kappa shape index (κ2) is 5.96. The molecular formula is C13H18BrNO2. The molecule has 0 radical (unpaired) electrons. The first kappa shape index (κ1) is 13.0.